The van der Waals surface area contributed by atoms with Gasteiger partial charge in [-0.15, -0.1) is 0 Å². The van der Waals surface area contributed by atoms with Crippen LogP contribution < -0.4 is 0 Å². The minimum Gasteiger partial charge on any atom is -0.0895 e. The molecule has 0 radical (unpaired) electrons. The summed E-state index contributed by atoms with van der Waals surface area (Å²) in [6.45, 7) is 0. The molecule has 0 spiro atoms. The zero-order valence-electron chi connectivity index (χ0n) is 10.3. The molecule has 0 N–H and O–H groups in total. The highest BCUT2D eigenvalue weighted by Crippen LogP contribution is 2.49. The third-order valence-electron chi connectivity index (χ3n) is 2.78. The van der Waals surface area contributed by atoms with E-state index in [0.717, 1.165) is 8.95 Å². The molecule has 1 aliphatic heterocycles. The third-order valence-corrected chi connectivity index (χ3v) is 6.12. The maximum Gasteiger partial charge on any atom is 0.0499 e. The molecule has 0 aliphatic carbocycles. The van der Waals surface area contributed by atoms with E-state index in [0.29, 0.717) is 0 Å². The van der Waals surface area contributed by atoms with Crippen molar-refractivity contribution in [2.45, 2.75) is 0 Å². The molecule has 2 aromatic rings. The van der Waals surface area contributed by atoms with Crippen LogP contribution in [0, 0.1) is 0 Å². The van der Waals surface area contributed by atoms with Crippen molar-refractivity contribution < 1.29 is 0 Å². The van der Waals surface area contributed by atoms with Crippen LogP contribution in [-0.4, -0.2) is 0 Å². The molecule has 0 aromatic heterocycles. The van der Waals surface area contributed by atoms with Gasteiger partial charge in [-0.25, -0.2) is 0 Å². The van der Waals surface area contributed by atoms with Gasteiger partial charge in [-0.1, -0.05) is 79.6 Å². The molecular weight excluding hydrogens is 416 g/mol. The van der Waals surface area contributed by atoms with E-state index in [4.69, 9.17) is 0 Å². The molecule has 1 aliphatic rings. The van der Waals surface area contributed by atoms with Gasteiger partial charge in [0.05, 0.1) is 0 Å². The topological polar surface area (TPSA) is 0 Å². The van der Waals surface area contributed by atoms with Crippen LogP contribution >= 0.6 is 55.4 Å². The molecule has 0 atom stereocenters. The van der Waals surface area contributed by atoms with Crippen LogP contribution in [0.1, 0.15) is 11.1 Å². The van der Waals surface area contributed by atoms with Gasteiger partial charge in [0.25, 0.3) is 0 Å². The van der Waals surface area contributed by atoms with Crippen molar-refractivity contribution in [3.63, 3.8) is 0 Å². The second kappa shape index (κ2) is 6.56. The summed E-state index contributed by atoms with van der Waals surface area (Å²) in [6.07, 6.45) is 2.23. The van der Waals surface area contributed by atoms with E-state index in [-0.39, 0.29) is 0 Å². The molecule has 100 valence electrons. The van der Waals surface area contributed by atoms with Crippen LogP contribution in [0.25, 0.3) is 11.0 Å². The highest BCUT2D eigenvalue weighted by atomic mass is 79.9. The second-order valence-electron chi connectivity index (χ2n) is 4.22. The van der Waals surface area contributed by atoms with E-state index < -0.39 is 0 Å². The van der Waals surface area contributed by atoms with Crippen molar-refractivity contribution in [1.82, 2.24) is 0 Å². The largest absolute Gasteiger partial charge is 0.0895 e. The standard InChI is InChI=1S/C16H10Br2S2/c17-13-5-1-11(2-6-13)9-16-19-10-15(20-16)12-3-7-14(18)8-4-12/h1-10H/b16-9-. The maximum atomic E-state index is 3.47. The molecule has 4 heteroatoms. The Morgan fingerprint density at radius 1 is 0.800 bits per heavy atom. The van der Waals surface area contributed by atoms with Gasteiger partial charge in [0.1, 0.15) is 0 Å². The lowest BCUT2D eigenvalue weighted by molar-refractivity contribution is 1.61. The lowest BCUT2D eigenvalue weighted by Gasteiger charge is -2.02. The van der Waals surface area contributed by atoms with Crippen molar-refractivity contribution in [3.8, 4) is 0 Å². The molecular formula is C16H10Br2S2. The molecule has 0 saturated heterocycles. The van der Waals surface area contributed by atoms with Crippen molar-refractivity contribution in [2.75, 3.05) is 0 Å². The van der Waals surface area contributed by atoms with E-state index in [9.17, 15) is 0 Å². The van der Waals surface area contributed by atoms with Gasteiger partial charge in [-0.3, -0.25) is 0 Å². The first-order chi connectivity index (χ1) is 9.70. The van der Waals surface area contributed by atoms with Crippen LogP contribution in [0.2, 0.25) is 0 Å². The van der Waals surface area contributed by atoms with Crippen molar-refractivity contribution >= 4 is 66.4 Å². The van der Waals surface area contributed by atoms with E-state index in [1.807, 2.05) is 11.8 Å². The van der Waals surface area contributed by atoms with Crippen molar-refractivity contribution in [3.05, 3.63) is 78.2 Å². The van der Waals surface area contributed by atoms with Gasteiger partial charge < -0.3 is 0 Å². The van der Waals surface area contributed by atoms with Crippen molar-refractivity contribution in [1.29, 1.82) is 0 Å². The SMILES string of the molecule is Brc1ccc(/C=C2/SC=C(c3ccc(Br)cc3)S2)cc1. The van der Waals surface area contributed by atoms with Crippen LogP contribution in [-0.2, 0) is 0 Å². The number of thioether (sulfide) groups is 2. The molecule has 0 bridgehead atoms. The highest BCUT2D eigenvalue weighted by molar-refractivity contribution is 9.10. The fourth-order valence-electron chi connectivity index (χ4n) is 1.77. The summed E-state index contributed by atoms with van der Waals surface area (Å²) in [5.74, 6) is 0. The first kappa shape index (κ1) is 14.5. The van der Waals surface area contributed by atoms with Crippen molar-refractivity contribution in [2.24, 2.45) is 0 Å². The molecule has 1 heterocycles. The Kier molecular flexibility index (Phi) is 4.76. The summed E-state index contributed by atoms with van der Waals surface area (Å²) in [6, 6.07) is 16.8. The van der Waals surface area contributed by atoms with Crippen LogP contribution in [0.5, 0.6) is 0 Å². The Morgan fingerprint density at radius 3 is 2.05 bits per heavy atom. The molecule has 20 heavy (non-hydrogen) atoms. The number of rotatable bonds is 2. The molecule has 2 aromatic carbocycles. The van der Waals surface area contributed by atoms with Gasteiger partial charge in [-0.05, 0) is 46.9 Å². The fraction of sp³-hybridized carbons (Fsp3) is 0. The number of benzene rings is 2. The zero-order chi connectivity index (χ0) is 13.9. The smallest absolute Gasteiger partial charge is 0.0499 e. The minimum absolute atomic E-state index is 1.11. The Bertz CT molecular complexity index is 671. The fourth-order valence-corrected chi connectivity index (χ4v) is 4.47. The predicted octanol–water partition coefficient (Wildman–Crippen LogP) is 6.99. The van der Waals surface area contributed by atoms with Gasteiger partial charge in [0, 0.05) is 18.1 Å². The zero-order valence-corrected chi connectivity index (χ0v) is 15.2. The summed E-state index contributed by atoms with van der Waals surface area (Å²) in [5, 5.41) is 2.22. The second-order valence-corrected chi connectivity index (χ2v) is 8.31. The molecule has 0 saturated carbocycles. The van der Waals surface area contributed by atoms with Crippen LogP contribution in [0.4, 0.5) is 0 Å². The number of hydrogen-bond donors (Lipinski definition) is 0. The summed E-state index contributed by atoms with van der Waals surface area (Å²) in [5.41, 5.74) is 2.50. The summed E-state index contributed by atoms with van der Waals surface area (Å²) in [7, 11) is 0. The average molecular weight is 426 g/mol. The van der Waals surface area contributed by atoms with E-state index in [1.165, 1.54) is 20.3 Å². The van der Waals surface area contributed by atoms with Crippen LogP contribution in [0.3, 0.4) is 0 Å². The average Bonchev–Trinajstić information content (AvgIpc) is 2.91. The van der Waals surface area contributed by atoms with Gasteiger partial charge in [-0.2, -0.15) is 0 Å². The molecule has 0 nitrogen and oxygen atoms in total. The van der Waals surface area contributed by atoms with E-state index >= 15 is 0 Å². The summed E-state index contributed by atoms with van der Waals surface area (Å²) >= 11 is 10.5. The van der Waals surface area contributed by atoms with Gasteiger partial charge in [0.2, 0.25) is 0 Å². The first-order valence-corrected chi connectivity index (χ1v) is 9.27. The van der Waals surface area contributed by atoms with Gasteiger partial charge >= 0.3 is 0 Å². The lowest BCUT2D eigenvalue weighted by Crippen LogP contribution is -1.76. The normalized spacial score (nSPS) is 16.5. The Morgan fingerprint density at radius 2 is 1.40 bits per heavy atom. The number of halogens is 2. The number of hydrogen-bond acceptors (Lipinski definition) is 2. The highest BCUT2D eigenvalue weighted by Gasteiger charge is 2.13. The third kappa shape index (κ3) is 3.61. The summed E-state index contributed by atoms with van der Waals surface area (Å²) < 4.78 is 3.54. The Labute approximate surface area is 144 Å². The van der Waals surface area contributed by atoms with Crippen LogP contribution in [0.15, 0.2) is 67.1 Å². The predicted molar refractivity (Wildman–Crippen MR) is 99.4 cm³/mol. The summed E-state index contributed by atoms with van der Waals surface area (Å²) in [4.78, 5) is 1.31. The molecule has 0 unspecified atom stereocenters. The minimum atomic E-state index is 1.11. The lowest BCUT2D eigenvalue weighted by atomic mass is 10.2. The maximum absolute atomic E-state index is 3.47. The quantitative estimate of drug-likeness (QED) is 0.508. The molecule has 0 fully saturated rings. The Balaban J connectivity index is 1.75. The Hall–Kier alpha value is -0.420. The van der Waals surface area contributed by atoms with Gasteiger partial charge in [0.15, 0.2) is 0 Å². The van der Waals surface area contributed by atoms with E-state index in [1.54, 1.807) is 11.8 Å². The first-order valence-electron chi connectivity index (χ1n) is 5.98. The molecule has 3 rings (SSSR count). The monoisotopic (exact) mass is 424 g/mol. The van der Waals surface area contributed by atoms with E-state index in [2.05, 4.69) is 91.9 Å². The molecule has 0 amide bonds.